The van der Waals surface area contributed by atoms with Crippen molar-refractivity contribution in [2.75, 3.05) is 43.1 Å². The van der Waals surface area contributed by atoms with Gasteiger partial charge in [-0.05, 0) is 49.6 Å². The number of hydrogen-bond acceptors (Lipinski definition) is 5. The first-order chi connectivity index (χ1) is 15.6. The maximum atomic E-state index is 12.4. The van der Waals surface area contributed by atoms with Gasteiger partial charge in [-0.15, -0.1) is 0 Å². The number of fused-ring (bicyclic) bond motifs is 1. The quantitative estimate of drug-likeness (QED) is 0.462. The van der Waals surface area contributed by atoms with Gasteiger partial charge in [0.25, 0.3) is 0 Å². The predicted octanol–water partition coefficient (Wildman–Crippen LogP) is 3.07. The van der Waals surface area contributed by atoms with Crippen LogP contribution in [0.5, 0.6) is 0 Å². The van der Waals surface area contributed by atoms with Crippen molar-refractivity contribution in [3.8, 4) is 0 Å². The van der Waals surface area contributed by atoms with E-state index in [4.69, 9.17) is 4.74 Å². The fourth-order valence-corrected chi connectivity index (χ4v) is 3.86. The summed E-state index contributed by atoms with van der Waals surface area (Å²) in [5.41, 5.74) is 4.57. The number of nitrogens with one attached hydrogen (secondary N) is 2. The largest absolute Gasteiger partial charge is 0.378 e. The van der Waals surface area contributed by atoms with Crippen LogP contribution in [0.1, 0.15) is 17.7 Å². The van der Waals surface area contributed by atoms with E-state index in [9.17, 15) is 9.59 Å². The molecule has 2 N–H and O–H groups in total. The van der Waals surface area contributed by atoms with Gasteiger partial charge in [-0.3, -0.25) is 14.6 Å². The molecule has 0 radical (unpaired) electrons. The maximum absolute atomic E-state index is 12.4. The first-order valence-corrected chi connectivity index (χ1v) is 11.0. The molecule has 1 aliphatic heterocycles. The van der Waals surface area contributed by atoms with E-state index in [0.29, 0.717) is 12.2 Å². The van der Waals surface area contributed by atoms with E-state index < -0.39 is 11.8 Å². The predicted molar refractivity (Wildman–Crippen MR) is 126 cm³/mol. The van der Waals surface area contributed by atoms with Crippen LogP contribution in [0.4, 0.5) is 11.4 Å². The summed E-state index contributed by atoms with van der Waals surface area (Å²) in [6, 6.07) is 17.8. The third-order valence-corrected chi connectivity index (χ3v) is 5.54. The summed E-state index contributed by atoms with van der Waals surface area (Å²) >= 11 is 0. The number of pyridine rings is 1. The number of carbonyl (C=O) groups excluding carboxylic acids is 2. The molecule has 2 heterocycles. The van der Waals surface area contributed by atoms with Crippen molar-refractivity contribution in [1.29, 1.82) is 0 Å². The van der Waals surface area contributed by atoms with Crippen LogP contribution in [-0.2, 0) is 20.7 Å². The van der Waals surface area contributed by atoms with Crippen molar-refractivity contribution in [2.24, 2.45) is 0 Å². The van der Waals surface area contributed by atoms with E-state index in [-0.39, 0.29) is 0 Å². The van der Waals surface area contributed by atoms with Crippen LogP contribution in [-0.4, -0.2) is 49.6 Å². The minimum Gasteiger partial charge on any atom is -0.378 e. The molecule has 0 unspecified atom stereocenters. The number of para-hydroxylation sites is 1. The molecule has 32 heavy (non-hydrogen) atoms. The third-order valence-electron chi connectivity index (χ3n) is 5.54. The van der Waals surface area contributed by atoms with Crippen molar-refractivity contribution < 1.29 is 14.3 Å². The lowest BCUT2D eigenvalue weighted by Gasteiger charge is -2.28. The second-order valence-corrected chi connectivity index (χ2v) is 7.91. The molecule has 0 saturated carbocycles. The number of ether oxygens (including phenoxy) is 1. The molecule has 0 bridgehead atoms. The summed E-state index contributed by atoms with van der Waals surface area (Å²) in [6.45, 7) is 5.67. The first kappa shape index (κ1) is 21.8. The molecule has 1 fully saturated rings. The number of carbonyl (C=O) groups is 2. The highest BCUT2D eigenvalue weighted by Crippen LogP contribution is 2.22. The lowest BCUT2D eigenvalue weighted by Crippen LogP contribution is -2.36. The number of aryl methyl sites for hydroxylation is 2. The molecular formula is C25H28N4O3. The number of morpholine rings is 1. The second-order valence-electron chi connectivity index (χ2n) is 7.91. The molecule has 0 aliphatic carbocycles. The molecule has 4 rings (SSSR count). The Morgan fingerprint density at radius 1 is 1.03 bits per heavy atom. The molecule has 2 amide bonds. The van der Waals surface area contributed by atoms with Gasteiger partial charge in [0.2, 0.25) is 0 Å². The lowest BCUT2D eigenvalue weighted by atomic mass is 10.1. The van der Waals surface area contributed by atoms with Gasteiger partial charge in [0.15, 0.2) is 0 Å². The second kappa shape index (κ2) is 10.2. The Kier molecular flexibility index (Phi) is 6.97. The van der Waals surface area contributed by atoms with Crippen molar-refractivity contribution in [3.63, 3.8) is 0 Å². The smallest absolute Gasteiger partial charge is 0.313 e. The Morgan fingerprint density at radius 3 is 2.56 bits per heavy atom. The van der Waals surface area contributed by atoms with E-state index in [1.165, 1.54) is 11.3 Å². The summed E-state index contributed by atoms with van der Waals surface area (Å²) in [7, 11) is 0. The standard InChI is InChI=1S/C25H28N4O3/c1-18-17-23(21-6-2-3-7-22(21)27-18)28-25(31)24(30)26-12-4-5-19-8-10-20(11-9-19)29-13-15-32-16-14-29/h2-3,6-11,17H,4-5,12-16H2,1H3,(H,26,30)(H,27,28,31). The zero-order valence-corrected chi connectivity index (χ0v) is 18.3. The van der Waals surface area contributed by atoms with E-state index in [0.717, 1.165) is 55.7 Å². The topological polar surface area (TPSA) is 83.6 Å². The summed E-state index contributed by atoms with van der Waals surface area (Å²) in [6.07, 6.45) is 1.59. The Hall–Kier alpha value is -3.45. The number of aromatic nitrogens is 1. The molecule has 1 aromatic heterocycles. The zero-order chi connectivity index (χ0) is 22.3. The fraction of sp³-hybridized carbons (Fsp3) is 0.320. The van der Waals surface area contributed by atoms with E-state index in [2.05, 4.69) is 44.8 Å². The molecule has 3 aromatic rings. The van der Waals surface area contributed by atoms with Crippen molar-refractivity contribution >= 4 is 34.1 Å². The van der Waals surface area contributed by atoms with E-state index in [1.54, 1.807) is 6.07 Å². The summed E-state index contributed by atoms with van der Waals surface area (Å²) in [5, 5.41) is 6.23. The fourth-order valence-electron chi connectivity index (χ4n) is 3.86. The van der Waals surface area contributed by atoms with Crippen LogP contribution in [0.2, 0.25) is 0 Å². The average molecular weight is 433 g/mol. The van der Waals surface area contributed by atoms with Gasteiger partial charge >= 0.3 is 11.8 Å². The number of amides is 2. The van der Waals surface area contributed by atoms with Crippen molar-refractivity contribution in [3.05, 3.63) is 65.9 Å². The molecule has 1 aliphatic rings. The monoisotopic (exact) mass is 432 g/mol. The SMILES string of the molecule is Cc1cc(NC(=O)C(=O)NCCCc2ccc(N3CCOCC3)cc2)c2ccccc2n1. The summed E-state index contributed by atoms with van der Waals surface area (Å²) in [4.78, 5) is 31.4. The van der Waals surface area contributed by atoms with Gasteiger partial charge < -0.3 is 20.3 Å². The summed E-state index contributed by atoms with van der Waals surface area (Å²) in [5.74, 6) is -1.30. The zero-order valence-electron chi connectivity index (χ0n) is 18.3. The number of anilines is 2. The van der Waals surface area contributed by atoms with E-state index >= 15 is 0 Å². The number of hydrogen-bond donors (Lipinski definition) is 2. The molecule has 7 nitrogen and oxygen atoms in total. The molecule has 0 atom stereocenters. The van der Waals surface area contributed by atoms with Crippen molar-refractivity contribution in [2.45, 2.75) is 19.8 Å². The van der Waals surface area contributed by atoms with Crippen LogP contribution in [0.25, 0.3) is 10.9 Å². The molecule has 2 aromatic carbocycles. The Bertz CT molecular complexity index is 1090. The molecular weight excluding hydrogens is 404 g/mol. The number of rotatable bonds is 6. The molecule has 7 heteroatoms. The van der Waals surface area contributed by atoms with E-state index in [1.807, 2.05) is 31.2 Å². The van der Waals surface area contributed by atoms with Crippen molar-refractivity contribution in [1.82, 2.24) is 10.3 Å². The maximum Gasteiger partial charge on any atom is 0.313 e. The number of nitrogens with zero attached hydrogens (tertiary/aromatic N) is 2. The van der Waals surface area contributed by atoms with Gasteiger partial charge in [0.05, 0.1) is 24.4 Å². The Labute approximate surface area is 187 Å². The van der Waals surface area contributed by atoms with Gasteiger partial charge in [0, 0.05) is 36.4 Å². The molecule has 1 saturated heterocycles. The molecule has 0 spiro atoms. The first-order valence-electron chi connectivity index (χ1n) is 11.0. The summed E-state index contributed by atoms with van der Waals surface area (Å²) < 4.78 is 5.40. The highest BCUT2D eigenvalue weighted by Gasteiger charge is 2.15. The Morgan fingerprint density at radius 2 is 1.78 bits per heavy atom. The van der Waals surface area contributed by atoms with Crippen LogP contribution in [0.15, 0.2) is 54.6 Å². The Balaban J connectivity index is 1.24. The van der Waals surface area contributed by atoms with Gasteiger partial charge in [-0.1, -0.05) is 30.3 Å². The van der Waals surface area contributed by atoms with Crippen LogP contribution in [0, 0.1) is 6.92 Å². The van der Waals surface area contributed by atoms with Gasteiger partial charge in [-0.2, -0.15) is 0 Å². The van der Waals surface area contributed by atoms with Gasteiger partial charge in [0.1, 0.15) is 0 Å². The normalized spacial score (nSPS) is 13.7. The third kappa shape index (κ3) is 5.42. The molecule has 166 valence electrons. The van der Waals surface area contributed by atoms with Crippen LogP contribution < -0.4 is 15.5 Å². The van der Waals surface area contributed by atoms with Crippen LogP contribution in [0.3, 0.4) is 0 Å². The van der Waals surface area contributed by atoms with Gasteiger partial charge in [-0.25, -0.2) is 0 Å². The highest BCUT2D eigenvalue weighted by molar-refractivity contribution is 6.40. The number of benzene rings is 2. The average Bonchev–Trinajstić information content (AvgIpc) is 2.82. The minimum absolute atomic E-state index is 0.438. The highest BCUT2D eigenvalue weighted by atomic mass is 16.5. The van der Waals surface area contributed by atoms with Crippen LogP contribution >= 0.6 is 0 Å². The minimum atomic E-state index is -0.671. The lowest BCUT2D eigenvalue weighted by molar-refractivity contribution is -0.136.